The molecule has 0 saturated carbocycles. The predicted molar refractivity (Wildman–Crippen MR) is 98.5 cm³/mol. The Balaban J connectivity index is 1.71. The molecule has 5 rings (SSSR count). The van der Waals surface area contributed by atoms with Crippen molar-refractivity contribution in [3.63, 3.8) is 0 Å². The number of benzene rings is 1. The average Bonchev–Trinajstić information content (AvgIpc) is 3.28. The first-order chi connectivity index (χ1) is 13.1. The normalized spacial score (nSPS) is 18.8. The number of nitro groups is 1. The third-order valence-corrected chi connectivity index (χ3v) is 5.12. The average molecular weight is 361 g/mol. The number of carbonyl (C=O) groups is 1. The number of aromatic nitrogens is 2. The lowest BCUT2D eigenvalue weighted by Crippen LogP contribution is -2.40. The zero-order valence-corrected chi connectivity index (χ0v) is 14.3. The van der Waals surface area contributed by atoms with Gasteiger partial charge in [-0.25, -0.2) is 9.98 Å². The number of non-ortho nitro benzene ring substituents is 1. The summed E-state index contributed by atoms with van der Waals surface area (Å²) >= 11 is 0. The Morgan fingerprint density at radius 2 is 1.96 bits per heavy atom. The predicted octanol–water partition coefficient (Wildman–Crippen LogP) is 2.98. The number of Topliss-reactive ketones (excluding diaryl/α,β-unsaturated/α-hetero) is 1. The Hall–Kier alpha value is -3.55. The van der Waals surface area contributed by atoms with Gasteiger partial charge in [-0.1, -0.05) is 6.07 Å². The van der Waals surface area contributed by atoms with Gasteiger partial charge in [-0.15, -0.1) is 0 Å². The molecule has 0 N–H and O–H groups in total. The summed E-state index contributed by atoms with van der Waals surface area (Å²) in [6.07, 6.45) is 3.48. The van der Waals surface area contributed by atoms with Gasteiger partial charge < -0.3 is 4.90 Å². The number of hydrogen-bond acceptors (Lipinski definition) is 6. The SMILES string of the molecule is O=C1c2c(nc3ccccn23)N=C(c2ccc([N+](=O)[O-])cc2)N2CCC[C@@H]12. The maximum atomic E-state index is 13.2. The van der Waals surface area contributed by atoms with Gasteiger partial charge in [-0.3, -0.25) is 19.3 Å². The largest absolute Gasteiger partial charge is 0.346 e. The Morgan fingerprint density at radius 1 is 1.15 bits per heavy atom. The van der Waals surface area contributed by atoms with E-state index in [4.69, 9.17) is 4.99 Å². The van der Waals surface area contributed by atoms with E-state index in [1.807, 2.05) is 29.3 Å². The number of carbonyl (C=O) groups excluding carboxylic acids is 1. The number of imidazole rings is 1. The first kappa shape index (κ1) is 15.7. The van der Waals surface area contributed by atoms with E-state index in [0.29, 0.717) is 23.0 Å². The first-order valence-electron chi connectivity index (χ1n) is 8.75. The van der Waals surface area contributed by atoms with Crippen LogP contribution in [0.4, 0.5) is 11.5 Å². The fourth-order valence-electron chi connectivity index (χ4n) is 3.87. The minimum Gasteiger partial charge on any atom is -0.346 e. The number of nitro benzene ring substituents is 1. The van der Waals surface area contributed by atoms with Gasteiger partial charge in [0.15, 0.2) is 5.82 Å². The molecule has 2 aromatic heterocycles. The fraction of sp³-hybridized carbons (Fsp3) is 0.211. The van der Waals surface area contributed by atoms with Crippen molar-refractivity contribution < 1.29 is 9.72 Å². The van der Waals surface area contributed by atoms with Gasteiger partial charge in [0.05, 0.1) is 11.0 Å². The van der Waals surface area contributed by atoms with E-state index in [-0.39, 0.29) is 17.5 Å². The van der Waals surface area contributed by atoms with Crippen molar-refractivity contribution >= 4 is 28.8 Å². The summed E-state index contributed by atoms with van der Waals surface area (Å²) in [5, 5.41) is 10.9. The van der Waals surface area contributed by atoms with Crippen molar-refractivity contribution in [2.45, 2.75) is 18.9 Å². The molecule has 0 unspecified atom stereocenters. The second-order valence-corrected chi connectivity index (χ2v) is 6.67. The Kier molecular flexibility index (Phi) is 3.33. The number of fused-ring (bicyclic) bond motifs is 4. The summed E-state index contributed by atoms with van der Waals surface area (Å²) in [6.45, 7) is 0.721. The molecular weight excluding hydrogens is 346 g/mol. The monoisotopic (exact) mass is 361 g/mol. The third kappa shape index (κ3) is 2.33. The Labute approximate surface area is 153 Å². The lowest BCUT2D eigenvalue weighted by molar-refractivity contribution is -0.384. The number of hydrogen-bond donors (Lipinski definition) is 0. The molecular formula is C19H15N5O3. The van der Waals surface area contributed by atoms with Crippen molar-refractivity contribution in [2.24, 2.45) is 4.99 Å². The summed E-state index contributed by atoms with van der Waals surface area (Å²) in [7, 11) is 0. The minimum absolute atomic E-state index is 0.0156. The number of amidine groups is 1. The molecule has 8 nitrogen and oxygen atoms in total. The van der Waals surface area contributed by atoms with E-state index in [1.165, 1.54) is 12.1 Å². The van der Waals surface area contributed by atoms with Gasteiger partial charge >= 0.3 is 0 Å². The highest BCUT2D eigenvalue weighted by Crippen LogP contribution is 2.33. The van der Waals surface area contributed by atoms with Crippen LogP contribution < -0.4 is 0 Å². The molecule has 3 aromatic rings. The maximum absolute atomic E-state index is 13.2. The molecule has 2 aliphatic heterocycles. The molecule has 27 heavy (non-hydrogen) atoms. The summed E-state index contributed by atoms with van der Waals surface area (Å²) in [5.41, 5.74) is 1.94. The topological polar surface area (TPSA) is 93.1 Å². The van der Waals surface area contributed by atoms with Crippen LogP contribution in [-0.4, -0.2) is 43.4 Å². The van der Waals surface area contributed by atoms with Gasteiger partial charge in [0.1, 0.15) is 17.2 Å². The van der Waals surface area contributed by atoms with Crippen LogP contribution in [0, 0.1) is 10.1 Å². The van der Waals surface area contributed by atoms with Gasteiger partial charge in [0, 0.05) is 30.4 Å². The number of aliphatic imine (C=N–C) groups is 1. The molecule has 0 aliphatic carbocycles. The van der Waals surface area contributed by atoms with Gasteiger partial charge in [-0.05, 0) is 37.1 Å². The van der Waals surface area contributed by atoms with E-state index in [1.54, 1.807) is 16.5 Å². The lowest BCUT2D eigenvalue weighted by atomic mass is 10.1. The Bertz CT molecular complexity index is 1120. The molecule has 0 radical (unpaired) electrons. The van der Waals surface area contributed by atoms with E-state index in [9.17, 15) is 14.9 Å². The molecule has 1 atom stereocenters. The van der Waals surface area contributed by atoms with Crippen LogP contribution in [0.25, 0.3) is 5.65 Å². The van der Waals surface area contributed by atoms with Crippen molar-refractivity contribution in [3.05, 3.63) is 70.0 Å². The molecule has 1 fully saturated rings. The molecule has 8 heteroatoms. The zero-order valence-electron chi connectivity index (χ0n) is 14.3. The molecule has 134 valence electrons. The quantitative estimate of drug-likeness (QED) is 0.517. The summed E-state index contributed by atoms with van der Waals surface area (Å²) in [6, 6.07) is 11.6. The highest BCUT2D eigenvalue weighted by molar-refractivity contribution is 6.11. The standard InChI is InChI=1S/C19H15N5O3/c25-17-14-4-3-11-22(14)19(12-6-8-13(9-7-12)24(26)27)21-18-16(17)23-10-2-1-5-15(23)20-18/h1-2,5-10,14H,3-4,11H2/t14-/m0/s1. The molecule has 0 bridgehead atoms. The highest BCUT2D eigenvalue weighted by atomic mass is 16.6. The molecule has 2 aliphatic rings. The number of ketones is 1. The van der Waals surface area contributed by atoms with E-state index in [0.717, 1.165) is 24.9 Å². The van der Waals surface area contributed by atoms with Crippen LogP contribution in [0.3, 0.4) is 0 Å². The third-order valence-electron chi connectivity index (χ3n) is 5.12. The smallest absolute Gasteiger partial charge is 0.269 e. The van der Waals surface area contributed by atoms with Crippen molar-refractivity contribution in [2.75, 3.05) is 6.54 Å². The van der Waals surface area contributed by atoms with Crippen molar-refractivity contribution in [1.29, 1.82) is 0 Å². The number of rotatable bonds is 2. The first-order valence-corrected chi connectivity index (χ1v) is 8.75. The lowest BCUT2D eigenvalue weighted by Gasteiger charge is -2.25. The van der Waals surface area contributed by atoms with E-state index < -0.39 is 4.92 Å². The van der Waals surface area contributed by atoms with Crippen LogP contribution in [0.2, 0.25) is 0 Å². The van der Waals surface area contributed by atoms with Crippen LogP contribution >= 0.6 is 0 Å². The second kappa shape index (κ2) is 5.73. The van der Waals surface area contributed by atoms with Crippen LogP contribution in [0.5, 0.6) is 0 Å². The second-order valence-electron chi connectivity index (χ2n) is 6.67. The van der Waals surface area contributed by atoms with Crippen LogP contribution in [0.15, 0.2) is 53.7 Å². The number of pyridine rings is 1. The van der Waals surface area contributed by atoms with Gasteiger partial charge in [0.2, 0.25) is 5.78 Å². The minimum atomic E-state index is -0.429. The Morgan fingerprint density at radius 3 is 2.74 bits per heavy atom. The molecule has 0 amide bonds. The molecule has 1 aromatic carbocycles. The molecule has 0 spiro atoms. The van der Waals surface area contributed by atoms with Crippen molar-refractivity contribution in [3.8, 4) is 0 Å². The van der Waals surface area contributed by atoms with Gasteiger partial charge in [-0.2, -0.15) is 0 Å². The van der Waals surface area contributed by atoms with Gasteiger partial charge in [0.25, 0.3) is 5.69 Å². The van der Waals surface area contributed by atoms with Crippen LogP contribution in [0.1, 0.15) is 28.9 Å². The summed E-state index contributed by atoms with van der Waals surface area (Å²) in [5.74, 6) is 1.05. The zero-order chi connectivity index (χ0) is 18.5. The van der Waals surface area contributed by atoms with Crippen molar-refractivity contribution in [1.82, 2.24) is 14.3 Å². The number of nitrogens with zero attached hydrogens (tertiary/aromatic N) is 5. The van der Waals surface area contributed by atoms with E-state index >= 15 is 0 Å². The summed E-state index contributed by atoms with van der Waals surface area (Å²) in [4.78, 5) is 35.0. The fourth-order valence-corrected chi connectivity index (χ4v) is 3.87. The molecule has 4 heterocycles. The maximum Gasteiger partial charge on any atom is 0.269 e. The van der Waals surface area contributed by atoms with E-state index in [2.05, 4.69) is 4.98 Å². The molecule has 1 saturated heterocycles. The van der Waals surface area contributed by atoms with Crippen LogP contribution in [-0.2, 0) is 0 Å². The highest BCUT2D eigenvalue weighted by Gasteiger charge is 2.39. The summed E-state index contributed by atoms with van der Waals surface area (Å²) < 4.78 is 1.79.